The van der Waals surface area contributed by atoms with Gasteiger partial charge in [-0.05, 0) is 23.9 Å². The van der Waals surface area contributed by atoms with Crippen LogP contribution in [-0.2, 0) is 11.2 Å². The van der Waals surface area contributed by atoms with Crippen molar-refractivity contribution in [3.05, 3.63) is 35.2 Å². The highest BCUT2D eigenvalue weighted by molar-refractivity contribution is 7.19. The summed E-state index contributed by atoms with van der Waals surface area (Å²) >= 11 is 1.68. The number of hydrogen-bond donors (Lipinski definition) is 2. The summed E-state index contributed by atoms with van der Waals surface area (Å²) in [6.45, 7) is 0. The molecule has 3 nitrogen and oxygen atoms in total. The predicted molar refractivity (Wildman–Crippen MR) is 65.8 cm³/mol. The van der Waals surface area contributed by atoms with Crippen molar-refractivity contribution in [2.45, 2.75) is 18.9 Å². The highest BCUT2D eigenvalue weighted by Crippen LogP contribution is 2.26. The number of carbonyl (C=O) groups is 1. The Kier molecular flexibility index (Phi) is 3.22. The van der Waals surface area contributed by atoms with Crippen molar-refractivity contribution in [2.24, 2.45) is 5.73 Å². The lowest BCUT2D eigenvalue weighted by atomic mass is 10.1. The molecule has 0 unspecified atom stereocenters. The van der Waals surface area contributed by atoms with Crippen LogP contribution in [0.2, 0.25) is 0 Å². The molecular weight excluding hydrogens is 222 g/mol. The van der Waals surface area contributed by atoms with Gasteiger partial charge in [0.15, 0.2) is 0 Å². The zero-order valence-electron chi connectivity index (χ0n) is 8.72. The Balaban J connectivity index is 2.12. The molecule has 0 saturated heterocycles. The molecule has 1 aromatic carbocycles. The van der Waals surface area contributed by atoms with E-state index in [4.69, 9.17) is 10.8 Å². The number of aliphatic carboxylic acids is 1. The zero-order valence-corrected chi connectivity index (χ0v) is 9.54. The standard InChI is InChI=1S/C12H13NO2S/c13-9(7-12(14)15)6-10-5-8-3-1-2-4-11(8)16-10/h1-5,9H,6-7,13H2,(H,14,15)/t9-/m0/s1. The third kappa shape index (κ3) is 2.59. The van der Waals surface area contributed by atoms with Gasteiger partial charge in [-0.3, -0.25) is 4.79 Å². The maximum absolute atomic E-state index is 10.5. The molecule has 0 saturated carbocycles. The number of carboxylic acids is 1. The average Bonchev–Trinajstić information content (AvgIpc) is 2.57. The summed E-state index contributed by atoms with van der Waals surface area (Å²) in [6.07, 6.45) is 0.653. The minimum Gasteiger partial charge on any atom is -0.481 e. The highest BCUT2D eigenvalue weighted by atomic mass is 32.1. The molecule has 1 aromatic heterocycles. The molecule has 0 radical (unpaired) electrons. The van der Waals surface area contributed by atoms with Crippen LogP contribution in [-0.4, -0.2) is 17.1 Å². The van der Waals surface area contributed by atoms with Gasteiger partial charge in [0, 0.05) is 15.6 Å². The first-order chi connectivity index (χ1) is 7.65. The lowest BCUT2D eigenvalue weighted by molar-refractivity contribution is -0.137. The molecule has 0 spiro atoms. The largest absolute Gasteiger partial charge is 0.481 e. The Labute approximate surface area is 97.5 Å². The summed E-state index contributed by atoms with van der Waals surface area (Å²) in [4.78, 5) is 11.6. The molecule has 0 aliphatic carbocycles. The Morgan fingerprint density at radius 1 is 1.44 bits per heavy atom. The third-order valence-corrected chi connectivity index (χ3v) is 3.52. The first kappa shape index (κ1) is 11.1. The van der Waals surface area contributed by atoms with Gasteiger partial charge in [0.05, 0.1) is 6.42 Å². The topological polar surface area (TPSA) is 63.3 Å². The van der Waals surface area contributed by atoms with Gasteiger partial charge in [0.25, 0.3) is 0 Å². The van der Waals surface area contributed by atoms with E-state index in [0.717, 1.165) is 4.88 Å². The van der Waals surface area contributed by atoms with E-state index in [2.05, 4.69) is 18.2 Å². The summed E-state index contributed by atoms with van der Waals surface area (Å²) in [5.41, 5.74) is 5.75. The van der Waals surface area contributed by atoms with E-state index in [1.54, 1.807) is 11.3 Å². The van der Waals surface area contributed by atoms with Gasteiger partial charge in [-0.15, -0.1) is 11.3 Å². The molecule has 2 rings (SSSR count). The van der Waals surface area contributed by atoms with Gasteiger partial charge in [-0.1, -0.05) is 18.2 Å². The van der Waals surface area contributed by atoms with Gasteiger partial charge in [-0.25, -0.2) is 0 Å². The normalized spacial score (nSPS) is 12.8. The number of fused-ring (bicyclic) bond motifs is 1. The Morgan fingerprint density at radius 2 is 2.19 bits per heavy atom. The number of carboxylic acid groups (broad SMARTS) is 1. The number of benzene rings is 1. The van der Waals surface area contributed by atoms with Gasteiger partial charge < -0.3 is 10.8 Å². The first-order valence-corrected chi connectivity index (χ1v) is 5.91. The molecule has 0 bridgehead atoms. The summed E-state index contributed by atoms with van der Waals surface area (Å²) in [5.74, 6) is -0.839. The van der Waals surface area contributed by atoms with E-state index in [1.165, 1.54) is 10.1 Å². The van der Waals surface area contributed by atoms with E-state index in [0.29, 0.717) is 6.42 Å². The van der Waals surface area contributed by atoms with Gasteiger partial charge >= 0.3 is 5.97 Å². The smallest absolute Gasteiger partial charge is 0.304 e. The average molecular weight is 235 g/mol. The Hall–Kier alpha value is -1.39. The van der Waals surface area contributed by atoms with Crippen molar-refractivity contribution in [3.8, 4) is 0 Å². The molecule has 84 valence electrons. The van der Waals surface area contributed by atoms with Crippen LogP contribution in [0, 0.1) is 0 Å². The fraction of sp³-hybridized carbons (Fsp3) is 0.250. The number of nitrogens with two attached hydrogens (primary N) is 1. The van der Waals surface area contributed by atoms with E-state index in [-0.39, 0.29) is 12.5 Å². The van der Waals surface area contributed by atoms with E-state index in [9.17, 15) is 4.79 Å². The predicted octanol–water partition coefficient (Wildman–Crippen LogP) is 2.25. The van der Waals surface area contributed by atoms with Crippen LogP contribution in [0.25, 0.3) is 10.1 Å². The van der Waals surface area contributed by atoms with E-state index < -0.39 is 5.97 Å². The van der Waals surface area contributed by atoms with Crippen molar-refractivity contribution in [1.29, 1.82) is 0 Å². The second kappa shape index (κ2) is 4.63. The number of hydrogen-bond acceptors (Lipinski definition) is 3. The van der Waals surface area contributed by atoms with Crippen LogP contribution >= 0.6 is 11.3 Å². The van der Waals surface area contributed by atoms with E-state index >= 15 is 0 Å². The molecule has 16 heavy (non-hydrogen) atoms. The maximum Gasteiger partial charge on any atom is 0.304 e. The van der Waals surface area contributed by atoms with Crippen LogP contribution in [0.5, 0.6) is 0 Å². The van der Waals surface area contributed by atoms with Crippen molar-refractivity contribution >= 4 is 27.4 Å². The van der Waals surface area contributed by atoms with Crippen molar-refractivity contribution in [2.75, 3.05) is 0 Å². The molecule has 2 aromatic rings. The third-order valence-electron chi connectivity index (χ3n) is 2.38. The fourth-order valence-corrected chi connectivity index (χ4v) is 2.85. The summed E-state index contributed by atoms with van der Waals surface area (Å²) in [7, 11) is 0. The van der Waals surface area contributed by atoms with Gasteiger partial charge in [-0.2, -0.15) is 0 Å². The van der Waals surface area contributed by atoms with Crippen LogP contribution in [0.1, 0.15) is 11.3 Å². The van der Waals surface area contributed by atoms with Crippen molar-refractivity contribution < 1.29 is 9.90 Å². The molecule has 0 fully saturated rings. The zero-order chi connectivity index (χ0) is 11.5. The van der Waals surface area contributed by atoms with Crippen molar-refractivity contribution in [1.82, 2.24) is 0 Å². The lowest BCUT2D eigenvalue weighted by Gasteiger charge is -2.05. The van der Waals surface area contributed by atoms with Crippen LogP contribution in [0.15, 0.2) is 30.3 Å². The Morgan fingerprint density at radius 3 is 2.88 bits per heavy atom. The molecular formula is C12H13NO2S. The molecule has 1 atom stereocenters. The second-order valence-corrected chi connectivity index (χ2v) is 4.98. The molecule has 1 heterocycles. The summed E-state index contributed by atoms with van der Waals surface area (Å²) < 4.78 is 1.22. The lowest BCUT2D eigenvalue weighted by Crippen LogP contribution is -2.25. The summed E-state index contributed by atoms with van der Waals surface area (Å²) in [6, 6.07) is 9.90. The van der Waals surface area contributed by atoms with Gasteiger partial charge in [0.1, 0.15) is 0 Å². The molecule has 0 amide bonds. The molecule has 0 aliphatic rings. The van der Waals surface area contributed by atoms with E-state index in [1.807, 2.05) is 12.1 Å². The first-order valence-electron chi connectivity index (χ1n) is 5.10. The monoisotopic (exact) mass is 235 g/mol. The molecule has 4 heteroatoms. The minimum atomic E-state index is -0.839. The maximum atomic E-state index is 10.5. The van der Waals surface area contributed by atoms with Crippen molar-refractivity contribution in [3.63, 3.8) is 0 Å². The van der Waals surface area contributed by atoms with Gasteiger partial charge in [0.2, 0.25) is 0 Å². The van der Waals surface area contributed by atoms with Crippen LogP contribution < -0.4 is 5.73 Å². The minimum absolute atomic E-state index is 0.0221. The molecule has 0 aliphatic heterocycles. The highest BCUT2D eigenvalue weighted by Gasteiger charge is 2.10. The van der Waals surface area contributed by atoms with Crippen LogP contribution in [0.3, 0.4) is 0 Å². The fourth-order valence-electron chi connectivity index (χ4n) is 1.69. The molecule has 3 N–H and O–H groups in total. The summed E-state index contributed by atoms with van der Waals surface area (Å²) in [5, 5.41) is 9.82. The second-order valence-electron chi connectivity index (χ2n) is 3.81. The van der Waals surface area contributed by atoms with Crippen LogP contribution in [0.4, 0.5) is 0 Å². The Bertz CT molecular complexity index is 473. The number of rotatable bonds is 4. The number of thiophene rings is 1. The SMILES string of the molecule is N[C@H](CC(=O)O)Cc1cc2ccccc2s1. The quantitative estimate of drug-likeness (QED) is 0.854.